The highest BCUT2D eigenvalue weighted by Gasteiger charge is 2.26. The third-order valence-electron chi connectivity index (χ3n) is 3.47. The van der Waals surface area contributed by atoms with Gasteiger partial charge in [0.25, 0.3) is 0 Å². The molecule has 0 aromatic heterocycles. The summed E-state index contributed by atoms with van der Waals surface area (Å²) in [5, 5.41) is 0. The molecule has 0 N–H and O–H groups in total. The second kappa shape index (κ2) is 4.45. The molecule has 0 spiro atoms. The molecule has 2 aliphatic carbocycles. The van der Waals surface area contributed by atoms with E-state index in [1.54, 1.807) is 25.7 Å². The van der Waals surface area contributed by atoms with Crippen molar-refractivity contribution in [1.82, 2.24) is 0 Å². The van der Waals surface area contributed by atoms with Gasteiger partial charge in [-0.2, -0.15) is 9.90 Å². The normalized spacial score (nSPS) is 27.3. The summed E-state index contributed by atoms with van der Waals surface area (Å²) in [6, 6.07) is 0. The van der Waals surface area contributed by atoms with Crippen LogP contribution >= 0.6 is 9.90 Å². The lowest BCUT2D eigenvalue weighted by Crippen LogP contribution is -2.06. The first-order chi connectivity index (χ1) is 4.97. The fraction of sp³-hybridized carbons (Fsp3) is 1.00. The summed E-state index contributed by atoms with van der Waals surface area (Å²) in [5.74, 6) is 2.31. The van der Waals surface area contributed by atoms with E-state index in [2.05, 4.69) is 0 Å². The smallest absolute Gasteiger partial charge is 0.0386 e. The SMILES string of the molecule is C1CCC(C2CCCC2)C1.P. The van der Waals surface area contributed by atoms with E-state index in [-0.39, 0.29) is 9.90 Å². The van der Waals surface area contributed by atoms with Gasteiger partial charge in [0.1, 0.15) is 0 Å². The van der Waals surface area contributed by atoms with Gasteiger partial charge in [-0.3, -0.25) is 0 Å². The van der Waals surface area contributed by atoms with Crippen molar-refractivity contribution in [2.75, 3.05) is 0 Å². The molecular formula is C10H21P. The monoisotopic (exact) mass is 172 g/mol. The van der Waals surface area contributed by atoms with Crippen LogP contribution in [0.5, 0.6) is 0 Å². The van der Waals surface area contributed by atoms with E-state index in [1.807, 2.05) is 0 Å². The van der Waals surface area contributed by atoms with Crippen LogP contribution in [-0.4, -0.2) is 0 Å². The molecule has 0 amide bonds. The fourth-order valence-corrected chi connectivity index (χ4v) is 2.86. The first kappa shape index (κ1) is 9.52. The largest absolute Gasteiger partial charge is 0.153 e. The Morgan fingerprint density at radius 3 is 1.09 bits per heavy atom. The average Bonchev–Trinajstić information content (AvgIpc) is 2.59. The average molecular weight is 172 g/mol. The van der Waals surface area contributed by atoms with E-state index in [4.69, 9.17) is 0 Å². The van der Waals surface area contributed by atoms with Crippen LogP contribution < -0.4 is 0 Å². The Balaban J connectivity index is 0.000000605. The quantitative estimate of drug-likeness (QED) is 0.531. The van der Waals surface area contributed by atoms with Crippen molar-refractivity contribution >= 4 is 9.90 Å². The number of rotatable bonds is 1. The summed E-state index contributed by atoms with van der Waals surface area (Å²) in [6.07, 6.45) is 12.4. The number of hydrogen-bond donors (Lipinski definition) is 0. The molecule has 1 atom stereocenters. The van der Waals surface area contributed by atoms with Crippen molar-refractivity contribution in [3.05, 3.63) is 0 Å². The Hall–Kier alpha value is 0.430. The molecule has 2 rings (SSSR count). The Bertz CT molecular complexity index is 85.4. The van der Waals surface area contributed by atoms with Crippen molar-refractivity contribution in [3.8, 4) is 0 Å². The molecule has 0 heterocycles. The van der Waals surface area contributed by atoms with E-state index < -0.39 is 0 Å². The molecule has 0 aromatic carbocycles. The molecule has 2 saturated carbocycles. The maximum atomic E-state index is 1.56. The second-order valence-corrected chi connectivity index (χ2v) is 4.09. The summed E-state index contributed by atoms with van der Waals surface area (Å²) in [7, 11) is 0. The topological polar surface area (TPSA) is 0 Å². The molecule has 11 heavy (non-hydrogen) atoms. The Kier molecular flexibility index (Phi) is 3.85. The van der Waals surface area contributed by atoms with Crippen LogP contribution in [0, 0.1) is 11.8 Å². The minimum absolute atomic E-state index is 0. The van der Waals surface area contributed by atoms with Gasteiger partial charge < -0.3 is 0 Å². The minimum atomic E-state index is 0. The van der Waals surface area contributed by atoms with E-state index in [1.165, 1.54) is 25.7 Å². The summed E-state index contributed by atoms with van der Waals surface area (Å²) in [4.78, 5) is 0. The third-order valence-corrected chi connectivity index (χ3v) is 3.47. The lowest BCUT2D eigenvalue weighted by Gasteiger charge is -2.16. The van der Waals surface area contributed by atoms with Crippen molar-refractivity contribution in [2.24, 2.45) is 11.8 Å². The number of hydrogen-bond acceptors (Lipinski definition) is 0. The van der Waals surface area contributed by atoms with Crippen molar-refractivity contribution < 1.29 is 0 Å². The third kappa shape index (κ3) is 2.18. The molecule has 66 valence electrons. The second-order valence-electron chi connectivity index (χ2n) is 4.09. The zero-order valence-electron chi connectivity index (χ0n) is 7.52. The van der Waals surface area contributed by atoms with E-state index in [0.29, 0.717) is 0 Å². The summed E-state index contributed by atoms with van der Waals surface area (Å²) in [5.41, 5.74) is 0. The molecule has 1 unspecified atom stereocenters. The Morgan fingerprint density at radius 2 is 0.818 bits per heavy atom. The van der Waals surface area contributed by atoms with Gasteiger partial charge in [-0.1, -0.05) is 51.4 Å². The Morgan fingerprint density at radius 1 is 0.545 bits per heavy atom. The van der Waals surface area contributed by atoms with E-state index in [0.717, 1.165) is 11.8 Å². The fourth-order valence-electron chi connectivity index (χ4n) is 2.86. The van der Waals surface area contributed by atoms with Crippen molar-refractivity contribution in [2.45, 2.75) is 51.4 Å². The van der Waals surface area contributed by atoms with Gasteiger partial charge in [-0.15, -0.1) is 0 Å². The zero-order valence-corrected chi connectivity index (χ0v) is 8.93. The maximum Gasteiger partial charge on any atom is -0.0386 e. The van der Waals surface area contributed by atoms with Crippen molar-refractivity contribution in [1.29, 1.82) is 0 Å². The minimum Gasteiger partial charge on any atom is -0.153 e. The van der Waals surface area contributed by atoms with Gasteiger partial charge in [0, 0.05) is 0 Å². The van der Waals surface area contributed by atoms with Gasteiger partial charge in [0.05, 0.1) is 0 Å². The van der Waals surface area contributed by atoms with Crippen LogP contribution in [-0.2, 0) is 0 Å². The highest BCUT2D eigenvalue weighted by atomic mass is 31.0. The van der Waals surface area contributed by atoms with Gasteiger partial charge in [-0.25, -0.2) is 0 Å². The van der Waals surface area contributed by atoms with Crippen molar-refractivity contribution in [3.63, 3.8) is 0 Å². The molecule has 0 nitrogen and oxygen atoms in total. The van der Waals surface area contributed by atoms with Crippen LogP contribution in [0.15, 0.2) is 0 Å². The van der Waals surface area contributed by atoms with E-state index >= 15 is 0 Å². The lowest BCUT2D eigenvalue weighted by atomic mass is 9.90. The predicted octanol–water partition coefficient (Wildman–Crippen LogP) is 3.42. The lowest BCUT2D eigenvalue weighted by molar-refractivity contribution is 0.347. The summed E-state index contributed by atoms with van der Waals surface area (Å²) < 4.78 is 0. The Labute approximate surface area is 73.8 Å². The highest BCUT2D eigenvalue weighted by Crippen LogP contribution is 2.39. The maximum absolute atomic E-state index is 1.56. The molecule has 2 fully saturated rings. The van der Waals surface area contributed by atoms with Gasteiger partial charge in [0.2, 0.25) is 0 Å². The first-order valence-electron chi connectivity index (χ1n) is 4.97. The zero-order chi connectivity index (χ0) is 6.81. The standard InChI is InChI=1S/C10H18.H3P/c1-2-6-9(5-1)10-7-3-4-8-10;/h9-10H,1-8H2;1H3. The van der Waals surface area contributed by atoms with Crippen LogP contribution in [0.2, 0.25) is 0 Å². The predicted molar refractivity (Wildman–Crippen MR) is 55.0 cm³/mol. The van der Waals surface area contributed by atoms with Gasteiger partial charge in [0.15, 0.2) is 0 Å². The van der Waals surface area contributed by atoms with Crippen LogP contribution in [0.4, 0.5) is 0 Å². The molecule has 0 aromatic rings. The molecule has 0 aliphatic heterocycles. The van der Waals surface area contributed by atoms with Crippen LogP contribution in [0.25, 0.3) is 0 Å². The van der Waals surface area contributed by atoms with E-state index in [9.17, 15) is 0 Å². The highest BCUT2D eigenvalue weighted by molar-refractivity contribution is 6.92. The van der Waals surface area contributed by atoms with Crippen LogP contribution in [0.1, 0.15) is 51.4 Å². The van der Waals surface area contributed by atoms with Gasteiger partial charge in [-0.05, 0) is 11.8 Å². The summed E-state index contributed by atoms with van der Waals surface area (Å²) >= 11 is 0. The van der Waals surface area contributed by atoms with Gasteiger partial charge >= 0.3 is 0 Å². The molecule has 0 radical (unpaired) electrons. The molecular weight excluding hydrogens is 151 g/mol. The molecule has 1 heteroatoms. The molecule has 0 bridgehead atoms. The molecule has 2 aliphatic rings. The molecule has 0 saturated heterocycles. The first-order valence-corrected chi connectivity index (χ1v) is 4.97. The van der Waals surface area contributed by atoms with Crippen LogP contribution in [0.3, 0.4) is 0 Å². The summed E-state index contributed by atoms with van der Waals surface area (Å²) in [6.45, 7) is 0.